The van der Waals surface area contributed by atoms with E-state index in [0.717, 1.165) is 12.1 Å². The van der Waals surface area contributed by atoms with Crippen LogP contribution in [0.1, 0.15) is 30.7 Å². The third kappa shape index (κ3) is 2.71. The van der Waals surface area contributed by atoms with Crippen molar-refractivity contribution in [2.75, 3.05) is 0 Å². The molecule has 0 saturated heterocycles. The van der Waals surface area contributed by atoms with Crippen molar-refractivity contribution in [1.29, 1.82) is 0 Å². The van der Waals surface area contributed by atoms with Crippen LogP contribution in [0, 0.1) is 0 Å². The zero-order valence-electron chi connectivity index (χ0n) is 12.1. The molecule has 2 nitrogen and oxygen atoms in total. The maximum atomic E-state index is 13.0. The summed E-state index contributed by atoms with van der Waals surface area (Å²) >= 11 is 0. The minimum Gasteiger partial charge on any atom is -0.483 e. The van der Waals surface area contributed by atoms with E-state index in [0.29, 0.717) is 22.6 Å². The average molecular weight is 305 g/mol. The third-order valence-electron chi connectivity index (χ3n) is 3.40. The molecule has 3 rings (SSSR count). The number of halogens is 3. The van der Waals surface area contributed by atoms with Crippen LogP contribution in [0.2, 0.25) is 0 Å². The minimum atomic E-state index is -4.39. The van der Waals surface area contributed by atoms with Gasteiger partial charge in [0.05, 0.1) is 11.3 Å². The molecule has 22 heavy (non-hydrogen) atoms. The summed E-state index contributed by atoms with van der Waals surface area (Å²) in [6, 6.07) is 8.87. The molecule has 0 radical (unpaired) electrons. The molecule has 0 bridgehead atoms. The van der Waals surface area contributed by atoms with E-state index < -0.39 is 17.3 Å². The van der Waals surface area contributed by atoms with Crippen molar-refractivity contribution in [1.82, 2.24) is 4.98 Å². The summed E-state index contributed by atoms with van der Waals surface area (Å²) in [5, 5.41) is 0. The minimum absolute atomic E-state index is 0.410. The third-order valence-corrected chi connectivity index (χ3v) is 3.40. The van der Waals surface area contributed by atoms with Gasteiger partial charge < -0.3 is 4.74 Å². The number of pyridine rings is 1. The highest BCUT2D eigenvalue weighted by atomic mass is 19.4. The van der Waals surface area contributed by atoms with Gasteiger partial charge in [-0.1, -0.05) is 6.07 Å². The van der Waals surface area contributed by atoms with Gasteiger partial charge in [0.1, 0.15) is 11.4 Å². The summed E-state index contributed by atoms with van der Waals surface area (Å²) in [7, 11) is 0. The van der Waals surface area contributed by atoms with Gasteiger partial charge in [-0.05, 0) is 50.3 Å². The topological polar surface area (TPSA) is 22.1 Å². The van der Waals surface area contributed by atoms with Crippen LogP contribution >= 0.6 is 0 Å². The highest BCUT2D eigenvalue weighted by Crippen LogP contribution is 2.41. The summed E-state index contributed by atoms with van der Waals surface area (Å²) in [6.45, 7) is 3.72. The van der Waals surface area contributed by atoms with E-state index in [-0.39, 0.29) is 0 Å². The molecule has 0 aliphatic carbocycles. The molecule has 0 unspecified atom stereocenters. The fourth-order valence-electron chi connectivity index (χ4n) is 2.48. The zero-order valence-corrected chi connectivity index (χ0v) is 12.1. The first-order valence-electron chi connectivity index (χ1n) is 6.81. The van der Waals surface area contributed by atoms with Gasteiger partial charge in [-0.3, -0.25) is 4.98 Å². The van der Waals surface area contributed by atoms with Crippen LogP contribution in [-0.4, -0.2) is 10.6 Å². The van der Waals surface area contributed by atoms with Gasteiger partial charge in [0, 0.05) is 17.3 Å². The number of fused-ring (bicyclic) bond motifs is 1. The van der Waals surface area contributed by atoms with Crippen LogP contribution in [0.5, 0.6) is 5.75 Å². The van der Waals surface area contributed by atoms with Crippen LogP contribution in [0.25, 0.3) is 5.57 Å². The molecule has 0 amide bonds. The molecule has 1 aromatic heterocycles. The molecule has 0 saturated carbocycles. The summed E-state index contributed by atoms with van der Waals surface area (Å²) < 4.78 is 44.7. The van der Waals surface area contributed by atoms with Gasteiger partial charge in [0.2, 0.25) is 0 Å². The van der Waals surface area contributed by atoms with Gasteiger partial charge >= 0.3 is 6.18 Å². The van der Waals surface area contributed by atoms with E-state index in [1.165, 1.54) is 6.07 Å². The number of nitrogens with zero attached hydrogens (tertiary/aromatic N) is 1. The Morgan fingerprint density at radius 1 is 1.09 bits per heavy atom. The first kappa shape index (κ1) is 14.6. The van der Waals surface area contributed by atoms with Gasteiger partial charge in [-0.25, -0.2) is 0 Å². The zero-order chi connectivity index (χ0) is 16.0. The fraction of sp³-hybridized carbons (Fsp3) is 0.235. The molecule has 5 heteroatoms. The van der Waals surface area contributed by atoms with E-state index in [1.807, 2.05) is 13.8 Å². The molecule has 0 spiro atoms. The predicted molar refractivity (Wildman–Crippen MR) is 77.5 cm³/mol. The molecule has 114 valence electrons. The molecule has 2 heterocycles. The summed E-state index contributed by atoms with van der Waals surface area (Å²) in [4.78, 5) is 4.25. The number of hydrogen-bond donors (Lipinski definition) is 0. The Labute approximate surface area is 126 Å². The molecule has 0 N–H and O–H groups in total. The highest BCUT2D eigenvalue weighted by Gasteiger charge is 2.34. The van der Waals surface area contributed by atoms with Crippen molar-refractivity contribution >= 4 is 5.57 Å². The van der Waals surface area contributed by atoms with Crippen LogP contribution in [0.4, 0.5) is 13.2 Å². The average Bonchev–Trinajstić information content (AvgIpc) is 2.45. The van der Waals surface area contributed by atoms with E-state index >= 15 is 0 Å². The van der Waals surface area contributed by atoms with Gasteiger partial charge in [0.25, 0.3) is 0 Å². The number of hydrogen-bond acceptors (Lipinski definition) is 2. The molecular formula is C17H14F3NO. The van der Waals surface area contributed by atoms with Crippen molar-refractivity contribution in [3.8, 4) is 5.75 Å². The largest absolute Gasteiger partial charge is 0.483 e. The number of ether oxygens (including phenoxy) is 1. The smallest absolute Gasteiger partial charge is 0.416 e. The van der Waals surface area contributed by atoms with Crippen LogP contribution in [-0.2, 0) is 6.18 Å². The van der Waals surface area contributed by atoms with Crippen LogP contribution in [0.15, 0.2) is 48.7 Å². The Bertz CT molecular complexity index is 733. The van der Waals surface area contributed by atoms with E-state index in [9.17, 15) is 13.2 Å². The number of benzene rings is 1. The standard InChI is InChI=1S/C17H14F3NO/c1-16(2)10-13(14-5-3-4-8-21-14)12-9-11(17(18,19)20)6-7-15(12)22-16/h3-10H,1-2H3. The van der Waals surface area contributed by atoms with Gasteiger partial charge in [-0.2, -0.15) is 13.2 Å². The lowest BCUT2D eigenvalue weighted by molar-refractivity contribution is -0.137. The highest BCUT2D eigenvalue weighted by molar-refractivity contribution is 5.83. The molecule has 1 aliphatic rings. The SMILES string of the molecule is CC1(C)C=C(c2ccccn2)c2cc(C(F)(F)F)ccc2O1. The maximum Gasteiger partial charge on any atom is 0.416 e. The number of alkyl halides is 3. The second-order valence-corrected chi connectivity index (χ2v) is 5.69. The van der Waals surface area contributed by atoms with Crippen LogP contribution < -0.4 is 4.74 Å². The lowest BCUT2D eigenvalue weighted by atomic mass is 9.91. The first-order valence-corrected chi connectivity index (χ1v) is 6.81. The second kappa shape index (κ2) is 4.87. The Morgan fingerprint density at radius 2 is 1.86 bits per heavy atom. The van der Waals surface area contributed by atoms with Crippen LogP contribution in [0.3, 0.4) is 0 Å². The van der Waals surface area contributed by atoms with Crippen molar-refractivity contribution in [3.63, 3.8) is 0 Å². The first-order chi connectivity index (χ1) is 10.3. The lowest BCUT2D eigenvalue weighted by Crippen LogP contribution is -2.29. The van der Waals surface area contributed by atoms with Gasteiger partial charge in [0.15, 0.2) is 0 Å². The summed E-state index contributed by atoms with van der Waals surface area (Å²) in [5.74, 6) is 0.432. The Hall–Kier alpha value is -2.30. The molecule has 1 aromatic carbocycles. The second-order valence-electron chi connectivity index (χ2n) is 5.69. The molecule has 2 aromatic rings. The molecule has 0 fully saturated rings. The van der Waals surface area contributed by atoms with Crippen molar-refractivity contribution < 1.29 is 17.9 Å². The van der Waals surface area contributed by atoms with E-state index in [4.69, 9.17) is 4.74 Å². The van der Waals surface area contributed by atoms with Crippen molar-refractivity contribution in [2.24, 2.45) is 0 Å². The van der Waals surface area contributed by atoms with Crippen molar-refractivity contribution in [2.45, 2.75) is 25.6 Å². The van der Waals surface area contributed by atoms with E-state index in [2.05, 4.69) is 4.98 Å². The monoisotopic (exact) mass is 305 g/mol. The molecule has 1 aliphatic heterocycles. The number of aromatic nitrogens is 1. The summed E-state index contributed by atoms with van der Waals surface area (Å²) in [5.41, 5.74) is 0.376. The lowest BCUT2D eigenvalue weighted by Gasteiger charge is -2.31. The normalized spacial score (nSPS) is 16.5. The van der Waals surface area contributed by atoms with Crippen molar-refractivity contribution in [3.05, 3.63) is 65.5 Å². The molecular weight excluding hydrogens is 291 g/mol. The fourth-order valence-corrected chi connectivity index (χ4v) is 2.48. The Kier molecular flexibility index (Phi) is 3.24. The Balaban J connectivity index is 2.20. The number of rotatable bonds is 1. The Morgan fingerprint density at radius 3 is 2.50 bits per heavy atom. The maximum absolute atomic E-state index is 13.0. The van der Waals surface area contributed by atoms with Gasteiger partial charge in [-0.15, -0.1) is 0 Å². The quantitative estimate of drug-likeness (QED) is 0.761. The summed E-state index contributed by atoms with van der Waals surface area (Å²) in [6.07, 6.45) is -0.971. The molecule has 0 atom stereocenters. The predicted octanol–water partition coefficient (Wildman–Crippen LogP) is 4.70. The van der Waals surface area contributed by atoms with E-state index in [1.54, 1.807) is 30.5 Å².